The average molecular weight is 422 g/mol. The van der Waals surface area contributed by atoms with E-state index in [1.54, 1.807) is 25.1 Å². The van der Waals surface area contributed by atoms with Crippen molar-refractivity contribution in [2.24, 2.45) is 5.92 Å². The second kappa shape index (κ2) is 9.47. The Morgan fingerprint density at radius 1 is 1.10 bits per heavy atom. The standard InChI is InChI=1S/C24H26N2O5/c1-26(2)21-8-7-15(9-16-10-17-5-3-4-6-18(17)11-16)12-19(21)23(30)20(14-27)24(31)25-13-22(28)29/h3-8,12,14,16,27H,9-11,13H2,1-2H3,(H,25,31)(H,28,29). The monoisotopic (exact) mass is 422 g/mol. The molecule has 0 saturated carbocycles. The van der Waals surface area contributed by atoms with Gasteiger partial charge in [-0.3, -0.25) is 14.4 Å². The van der Waals surface area contributed by atoms with Gasteiger partial charge in [-0.25, -0.2) is 0 Å². The van der Waals surface area contributed by atoms with Crippen LogP contribution in [0.5, 0.6) is 0 Å². The fourth-order valence-electron chi connectivity index (χ4n) is 4.03. The minimum absolute atomic E-state index is 0.281. The molecule has 0 heterocycles. The van der Waals surface area contributed by atoms with Crippen molar-refractivity contribution in [1.29, 1.82) is 0 Å². The number of hydrogen-bond acceptors (Lipinski definition) is 5. The van der Waals surface area contributed by atoms with Crippen molar-refractivity contribution >= 4 is 23.3 Å². The van der Waals surface area contributed by atoms with E-state index in [4.69, 9.17) is 5.11 Å². The van der Waals surface area contributed by atoms with Crippen molar-refractivity contribution in [2.45, 2.75) is 19.3 Å². The molecule has 2 aromatic carbocycles. The van der Waals surface area contributed by atoms with Gasteiger partial charge in [0.05, 0.1) is 6.26 Å². The van der Waals surface area contributed by atoms with Gasteiger partial charge < -0.3 is 20.4 Å². The fourth-order valence-corrected chi connectivity index (χ4v) is 4.03. The zero-order chi connectivity index (χ0) is 22.5. The van der Waals surface area contributed by atoms with E-state index in [0.717, 1.165) is 24.8 Å². The highest BCUT2D eigenvalue weighted by atomic mass is 16.4. The van der Waals surface area contributed by atoms with Gasteiger partial charge in [0.2, 0.25) is 5.78 Å². The number of nitrogens with one attached hydrogen (secondary N) is 1. The molecule has 0 radical (unpaired) electrons. The number of rotatable bonds is 8. The minimum Gasteiger partial charge on any atom is -0.515 e. The number of fused-ring (bicyclic) bond motifs is 1. The lowest BCUT2D eigenvalue weighted by molar-refractivity contribution is -0.137. The Morgan fingerprint density at radius 2 is 1.74 bits per heavy atom. The quantitative estimate of drug-likeness (QED) is 0.198. The topological polar surface area (TPSA) is 107 Å². The summed E-state index contributed by atoms with van der Waals surface area (Å²) in [6.45, 7) is -0.647. The van der Waals surface area contributed by atoms with Crippen LogP contribution in [0.25, 0.3) is 0 Å². The van der Waals surface area contributed by atoms with Crippen LogP contribution < -0.4 is 10.2 Å². The van der Waals surface area contributed by atoms with Gasteiger partial charge >= 0.3 is 5.97 Å². The highest BCUT2D eigenvalue weighted by molar-refractivity contribution is 6.27. The first kappa shape index (κ1) is 22.1. The summed E-state index contributed by atoms with van der Waals surface area (Å²) in [6.07, 6.45) is 3.17. The molecule has 0 unspecified atom stereocenters. The van der Waals surface area contributed by atoms with Gasteiger partial charge in [-0.2, -0.15) is 0 Å². The summed E-state index contributed by atoms with van der Waals surface area (Å²) in [6, 6.07) is 13.9. The summed E-state index contributed by atoms with van der Waals surface area (Å²) < 4.78 is 0. The number of hydrogen-bond donors (Lipinski definition) is 3. The van der Waals surface area contributed by atoms with Crippen LogP contribution in [0.3, 0.4) is 0 Å². The second-order valence-electron chi connectivity index (χ2n) is 7.94. The SMILES string of the molecule is CN(C)c1ccc(CC2Cc3ccccc3C2)cc1C(=O)C(=CO)C(=O)NCC(=O)O. The van der Waals surface area contributed by atoms with Crippen molar-refractivity contribution < 1.29 is 24.6 Å². The number of nitrogens with zero attached hydrogens (tertiary/aromatic N) is 1. The molecule has 31 heavy (non-hydrogen) atoms. The van der Waals surface area contributed by atoms with Crippen molar-refractivity contribution in [3.8, 4) is 0 Å². The lowest BCUT2D eigenvalue weighted by Gasteiger charge is -2.19. The third-order valence-corrected chi connectivity index (χ3v) is 5.47. The van der Waals surface area contributed by atoms with E-state index in [0.29, 0.717) is 17.9 Å². The summed E-state index contributed by atoms with van der Waals surface area (Å²) >= 11 is 0. The van der Waals surface area contributed by atoms with Crippen LogP contribution in [-0.4, -0.2) is 48.5 Å². The molecule has 162 valence electrons. The Hall–Kier alpha value is -3.61. The van der Waals surface area contributed by atoms with E-state index < -0.39 is 29.8 Å². The number of aliphatic hydroxyl groups is 1. The van der Waals surface area contributed by atoms with Gasteiger partial charge in [0.25, 0.3) is 5.91 Å². The summed E-state index contributed by atoms with van der Waals surface area (Å²) in [5.41, 5.74) is 4.06. The molecule has 7 nitrogen and oxygen atoms in total. The van der Waals surface area contributed by atoms with Crippen molar-refractivity contribution in [3.05, 3.63) is 76.6 Å². The molecule has 1 amide bonds. The molecule has 0 saturated heterocycles. The Kier molecular flexibility index (Phi) is 6.74. The normalized spacial score (nSPS) is 13.5. The number of carboxylic acid groups (broad SMARTS) is 1. The summed E-state index contributed by atoms with van der Waals surface area (Å²) in [5, 5.41) is 20.4. The van der Waals surface area contributed by atoms with Crippen LogP contribution in [0.2, 0.25) is 0 Å². The highest BCUT2D eigenvalue weighted by Gasteiger charge is 2.26. The number of ketones is 1. The van der Waals surface area contributed by atoms with E-state index in [2.05, 4.69) is 17.4 Å². The highest BCUT2D eigenvalue weighted by Crippen LogP contribution is 2.31. The first-order chi connectivity index (χ1) is 14.8. The first-order valence-corrected chi connectivity index (χ1v) is 10.1. The van der Waals surface area contributed by atoms with E-state index >= 15 is 0 Å². The first-order valence-electron chi connectivity index (χ1n) is 10.1. The zero-order valence-corrected chi connectivity index (χ0v) is 17.6. The molecule has 0 spiro atoms. The number of benzene rings is 2. The Labute approximate surface area is 181 Å². The van der Waals surface area contributed by atoms with Gasteiger partial charge in [-0.1, -0.05) is 30.3 Å². The maximum atomic E-state index is 13.1. The van der Waals surface area contributed by atoms with Gasteiger partial charge in [0.1, 0.15) is 12.1 Å². The molecular weight excluding hydrogens is 396 g/mol. The molecule has 0 bridgehead atoms. The molecule has 3 N–H and O–H groups in total. The largest absolute Gasteiger partial charge is 0.515 e. The predicted octanol–water partition coefficient (Wildman–Crippen LogP) is 2.54. The average Bonchev–Trinajstić information content (AvgIpc) is 3.14. The number of aliphatic hydroxyl groups excluding tert-OH is 1. The molecule has 2 aromatic rings. The van der Waals surface area contributed by atoms with E-state index in [-0.39, 0.29) is 5.56 Å². The number of carbonyl (C=O) groups excluding carboxylic acids is 2. The molecule has 0 aliphatic heterocycles. The number of amides is 1. The molecule has 0 fully saturated rings. The third kappa shape index (κ3) is 5.12. The van der Waals surface area contributed by atoms with Crippen LogP contribution in [0.1, 0.15) is 27.0 Å². The van der Waals surface area contributed by atoms with E-state index in [1.807, 2.05) is 24.3 Å². The molecular formula is C24H26N2O5. The Bertz CT molecular complexity index is 1020. The number of anilines is 1. The molecule has 1 aliphatic carbocycles. The predicted molar refractivity (Wildman–Crippen MR) is 118 cm³/mol. The van der Waals surface area contributed by atoms with Crippen LogP contribution in [-0.2, 0) is 28.9 Å². The Balaban J connectivity index is 1.84. The van der Waals surface area contributed by atoms with Crippen LogP contribution in [0.4, 0.5) is 5.69 Å². The van der Waals surface area contributed by atoms with E-state index in [9.17, 15) is 19.5 Å². The third-order valence-electron chi connectivity index (χ3n) is 5.47. The maximum absolute atomic E-state index is 13.1. The summed E-state index contributed by atoms with van der Waals surface area (Å²) in [4.78, 5) is 37.8. The fraction of sp³-hybridized carbons (Fsp3) is 0.292. The number of carboxylic acids is 1. The van der Waals surface area contributed by atoms with Crippen molar-refractivity contribution in [3.63, 3.8) is 0 Å². The Morgan fingerprint density at radius 3 is 2.29 bits per heavy atom. The maximum Gasteiger partial charge on any atom is 0.322 e. The van der Waals surface area contributed by atoms with E-state index in [1.165, 1.54) is 11.1 Å². The van der Waals surface area contributed by atoms with Gasteiger partial charge in [0.15, 0.2) is 0 Å². The molecule has 1 aliphatic rings. The smallest absolute Gasteiger partial charge is 0.322 e. The van der Waals surface area contributed by atoms with Gasteiger partial charge in [-0.05, 0) is 54.0 Å². The van der Waals surface area contributed by atoms with Gasteiger partial charge in [0, 0.05) is 25.3 Å². The molecule has 0 atom stereocenters. The lowest BCUT2D eigenvalue weighted by Crippen LogP contribution is -2.33. The van der Waals surface area contributed by atoms with Crippen LogP contribution in [0.15, 0.2) is 54.3 Å². The van der Waals surface area contributed by atoms with Crippen LogP contribution >= 0.6 is 0 Å². The van der Waals surface area contributed by atoms with Crippen molar-refractivity contribution in [1.82, 2.24) is 5.32 Å². The molecule has 7 heteroatoms. The summed E-state index contributed by atoms with van der Waals surface area (Å²) in [7, 11) is 3.57. The number of carbonyl (C=O) groups is 3. The summed E-state index contributed by atoms with van der Waals surface area (Å²) in [5.74, 6) is -2.41. The van der Waals surface area contributed by atoms with Crippen LogP contribution in [0, 0.1) is 5.92 Å². The van der Waals surface area contributed by atoms with Crippen molar-refractivity contribution in [2.75, 3.05) is 25.5 Å². The van der Waals surface area contributed by atoms with Gasteiger partial charge in [-0.15, -0.1) is 0 Å². The number of aliphatic carboxylic acids is 1. The number of Topliss-reactive ketones (excluding diaryl/α,β-unsaturated/α-hetero) is 1. The zero-order valence-electron chi connectivity index (χ0n) is 17.6. The second-order valence-corrected chi connectivity index (χ2v) is 7.94. The lowest BCUT2D eigenvalue weighted by atomic mass is 9.92. The minimum atomic E-state index is -1.24. The molecule has 3 rings (SSSR count). The molecule has 0 aromatic heterocycles.